The van der Waals surface area contributed by atoms with Crippen LogP contribution in [0.15, 0.2) is 41.4 Å². The van der Waals surface area contributed by atoms with E-state index < -0.39 is 6.10 Å². The third kappa shape index (κ3) is 2.90. The van der Waals surface area contributed by atoms with Gasteiger partial charge in [0.05, 0.1) is 10.2 Å². The topological polar surface area (TPSA) is 71.3 Å². The maximum Gasteiger partial charge on any atom is 0.292 e. The highest BCUT2D eigenvalue weighted by Gasteiger charge is 2.27. The van der Waals surface area contributed by atoms with E-state index in [0.717, 1.165) is 28.9 Å². The van der Waals surface area contributed by atoms with E-state index in [9.17, 15) is 4.79 Å². The number of aromatic nitrogens is 1. The largest absolute Gasteiger partial charge is 0.485 e. The fourth-order valence-corrected chi connectivity index (χ4v) is 4.36. The second-order valence-electron chi connectivity index (χ2n) is 6.52. The van der Waals surface area contributed by atoms with Crippen molar-refractivity contribution in [2.75, 3.05) is 13.4 Å². The maximum absolute atomic E-state index is 12.8. The van der Waals surface area contributed by atoms with E-state index in [2.05, 4.69) is 11.9 Å². The molecule has 8 heteroatoms. The first-order chi connectivity index (χ1) is 13.7. The zero-order valence-corrected chi connectivity index (χ0v) is 16.0. The Morgan fingerprint density at radius 1 is 1.14 bits per heavy atom. The summed E-state index contributed by atoms with van der Waals surface area (Å²) in [5.41, 5.74) is 0.980. The number of ether oxygens (including phenoxy) is 4. The standard InChI is InChI=1S/C20H18N2O5S/c1-2-7-22-12-8-15-16(26-11-25-15)9-18(12)28-20(22)21-19(23)17-10-24-13-5-3-4-6-14(13)27-17/h3-6,8-9,17H,2,7,10-11H2,1H3. The van der Waals surface area contributed by atoms with Crippen molar-refractivity contribution in [3.8, 4) is 23.0 Å². The Hall–Kier alpha value is -3.00. The van der Waals surface area contributed by atoms with Gasteiger partial charge in [-0.3, -0.25) is 4.79 Å². The van der Waals surface area contributed by atoms with Crippen LogP contribution in [0.2, 0.25) is 0 Å². The number of carbonyl (C=O) groups excluding carboxylic acids is 1. The van der Waals surface area contributed by atoms with Crippen LogP contribution < -0.4 is 23.7 Å². The van der Waals surface area contributed by atoms with Gasteiger partial charge in [0.25, 0.3) is 5.91 Å². The van der Waals surface area contributed by atoms with Gasteiger partial charge in [0, 0.05) is 18.7 Å². The molecule has 0 N–H and O–H groups in total. The molecule has 0 aliphatic carbocycles. The first-order valence-electron chi connectivity index (χ1n) is 9.13. The maximum atomic E-state index is 12.8. The van der Waals surface area contributed by atoms with Gasteiger partial charge in [0.15, 0.2) is 27.8 Å². The third-order valence-corrected chi connectivity index (χ3v) is 5.66. The molecule has 1 unspecified atom stereocenters. The van der Waals surface area contributed by atoms with Crippen LogP contribution in [0.25, 0.3) is 10.2 Å². The van der Waals surface area contributed by atoms with E-state index in [1.165, 1.54) is 11.3 Å². The number of benzene rings is 2. The minimum atomic E-state index is -0.758. The van der Waals surface area contributed by atoms with Crippen molar-refractivity contribution >= 4 is 27.5 Å². The number of thiazole rings is 1. The molecule has 28 heavy (non-hydrogen) atoms. The van der Waals surface area contributed by atoms with Gasteiger partial charge in [-0.1, -0.05) is 30.4 Å². The molecule has 0 saturated heterocycles. The third-order valence-electron chi connectivity index (χ3n) is 4.61. The van der Waals surface area contributed by atoms with E-state index in [-0.39, 0.29) is 19.3 Å². The summed E-state index contributed by atoms with van der Waals surface area (Å²) < 4.78 is 25.4. The van der Waals surface area contributed by atoms with Crippen LogP contribution in [0.3, 0.4) is 0 Å². The van der Waals surface area contributed by atoms with Crippen LogP contribution in [-0.4, -0.2) is 30.0 Å². The molecule has 3 heterocycles. The molecular formula is C20H18N2O5S. The van der Waals surface area contributed by atoms with Crippen molar-refractivity contribution in [2.24, 2.45) is 4.99 Å². The molecule has 3 aromatic rings. The van der Waals surface area contributed by atoms with Crippen LogP contribution in [0.5, 0.6) is 23.0 Å². The SMILES string of the molecule is CCCn1c(=NC(=O)C2COc3ccccc3O2)sc2cc3c(cc21)OCO3. The number of carbonyl (C=O) groups is 1. The molecule has 0 bridgehead atoms. The lowest BCUT2D eigenvalue weighted by molar-refractivity contribution is -0.127. The lowest BCUT2D eigenvalue weighted by atomic mass is 10.2. The van der Waals surface area contributed by atoms with Gasteiger partial charge in [-0.15, -0.1) is 0 Å². The van der Waals surface area contributed by atoms with Crippen LogP contribution >= 0.6 is 11.3 Å². The summed E-state index contributed by atoms with van der Waals surface area (Å²) in [4.78, 5) is 17.8. The molecule has 0 spiro atoms. The van der Waals surface area contributed by atoms with Crippen molar-refractivity contribution in [1.82, 2.24) is 4.57 Å². The van der Waals surface area contributed by atoms with Crippen LogP contribution in [0, 0.1) is 0 Å². The van der Waals surface area contributed by atoms with Crippen LogP contribution in [0.1, 0.15) is 13.3 Å². The Morgan fingerprint density at radius 3 is 2.75 bits per heavy atom. The van der Waals surface area contributed by atoms with Gasteiger partial charge in [0.2, 0.25) is 12.9 Å². The number of rotatable bonds is 3. The van der Waals surface area contributed by atoms with Gasteiger partial charge in [-0.25, -0.2) is 0 Å². The summed E-state index contributed by atoms with van der Waals surface area (Å²) in [7, 11) is 0. The van der Waals surface area contributed by atoms with Crippen LogP contribution in [-0.2, 0) is 11.3 Å². The lowest BCUT2D eigenvalue weighted by Crippen LogP contribution is -2.36. The Labute approximate surface area is 164 Å². The fraction of sp³-hybridized carbons (Fsp3) is 0.300. The highest BCUT2D eigenvalue weighted by molar-refractivity contribution is 7.16. The number of nitrogens with zero attached hydrogens (tertiary/aromatic N) is 2. The summed E-state index contributed by atoms with van der Waals surface area (Å²) in [6.45, 7) is 3.21. The number of para-hydroxylation sites is 2. The summed E-state index contributed by atoms with van der Waals surface area (Å²) in [6.07, 6.45) is 0.157. The molecule has 0 fully saturated rings. The van der Waals surface area contributed by atoms with E-state index in [0.29, 0.717) is 22.0 Å². The second kappa shape index (κ2) is 6.87. The summed E-state index contributed by atoms with van der Waals surface area (Å²) in [6, 6.07) is 11.2. The van der Waals surface area contributed by atoms with Gasteiger partial charge >= 0.3 is 0 Å². The number of amides is 1. The van der Waals surface area contributed by atoms with Crippen molar-refractivity contribution in [3.05, 3.63) is 41.2 Å². The predicted octanol–water partition coefficient (Wildman–Crippen LogP) is 3.11. The Bertz CT molecular complexity index is 1130. The monoisotopic (exact) mass is 398 g/mol. The zero-order valence-electron chi connectivity index (χ0n) is 15.2. The average molecular weight is 398 g/mol. The molecule has 0 radical (unpaired) electrons. The van der Waals surface area contributed by atoms with Crippen molar-refractivity contribution < 1.29 is 23.7 Å². The first kappa shape index (κ1) is 17.1. The Morgan fingerprint density at radius 2 is 1.93 bits per heavy atom. The minimum absolute atomic E-state index is 0.147. The normalized spacial score (nSPS) is 17.9. The molecule has 0 saturated carbocycles. The van der Waals surface area contributed by atoms with E-state index in [1.54, 1.807) is 6.07 Å². The van der Waals surface area contributed by atoms with E-state index in [4.69, 9.17) is 18.9 Å². The average Bonchev–Trinajstić information content (AvgIpc) is 3.30. The Kier molecular flexibility index (Phi) is 4.20. The lowest BCUT2D eigenvalue weighted by Gasteiger charge is -2.23. The molecule has 144 valence electrons. The fourth-order valence-electron chi connectivity index (χ4n) is 3.29. The summed E-state index contributed by atoms with van der Waals surface area (Å²) in [5, 5.41) is 0. The molecule has 2 aromatic carbocycles. The van der Waals surface area contributed by atoms with E-state index in [1.807, 2.05) is 34.9 Å². The summed E-state index contributed by atoms with van der Waals surface area (Å²) in [5.74, 6) is 2.28. The molecule has 5 rings (SSSR count). The van der Waals surface area contributed by atoms with Gasteiger partial charge in [-0.05, 0) is 18.6 Å². The van der Waals surface area contributed by atoms with Crippen LogP contribution in [0.4, 0.5) is 0 Å². The molecule has 2 aliphatic heterocycles. The number of hydrogen-bond donors (Lipinski definition) is 0. The van der Waals surface area contributed by atoms with Gasteiger partial charge in [0.1, 0.15) is 6.61 Å². The second-order valence-corrected chi connectivity index (χ2v) is 7.53. The number of aryl methyl sites for hydroxylation is 1. The molecule has 7 nitrogen and oxygen atoms in total. The zero-order chi connectivity index (χ0) is 19.1. The highest BCUT2D eigenvalue weighted by Crippen LogP contribution is 2.37. The molecule has 2 aliphatic rings. The van der Waals surface area contributed by atoms with E-state index >= 15 is 0 Å². The predicted molar refractivity (Wildman–Crippen MR) is 103 cm³/mol. The first-order valence-corrected chi connectivity index (χ1v) is 9.94. The van der Waals surface area contributed by atoms with Crippen molar-refractivity contribution in [1.29, 1.82) is 0 Å². The molecule has 1 atom stereocenters. The molecular weight excluding hydrogens is 380 g/mol. The number of fused-ring (bicyclic) bond motifs is 3. The van der Waals surface area contributed by atoms with Crippen molar-refractivity contribution in [3.63, 3.8) is 0 Å². The number of hydrogen-bond acceptors (Lipinski definition) is 6. The molecule has 1 amide bonds. The molecule has 1 aromatic heterocycles. The minimum Gasteiger partial charge on any atom is -0.485 e. The smallest absolute Gasteiger partial charge is 0.292 e. The highest BCUT2D eigenvalue weighted by atomic mass is 32.1. The summed E-state index contributed by atoms with van der Waals surface area (Å²) >= 11 is 1.45. The Balaban J connectivity index is 1.52. The quantitative estimate of drug-likeness (QED) is 0.678. The van der Waals surface area contributed by atoms with Crippen molar-refractivity contribution in [2.45, 2.75) is 26.0 Å². The van der Waals surface area contributed by atoms with Gasteiger partial charge in [-0.2, -0.15) is 4.99 Å². The van der Waals surface area contributed by atoms with Gasteiger partial charge < -0.3 is 23.5 Å².